The number of nitrogens with zero attached hydrogens (tertiary/aromatic N) is 1. The molecule has 2 aromatic carbocycles. The number of rotatable bonds is 5. The maximum atomic E-state index is 12.6. The first-order valence-corrected chi connectivity index (χ1v) is 10.6. The molecule has 1 aliphatic heterocycles. The fourth-order valence-electron chi connectivity index (χ4n) is 2.60. The van der Waals surface area contributed by atoms with Gasteiger partial charge in [-0.25, -0.2) is 8.42 Å². The van der Waals surface area contributed by atoms with Crippen molar-refractivity contribution in [3.8, 4) is 0 Å². The predicted octanol–water partition coefficient (Wildman–Crippen LogP) is 3.12. The number of ether oxygens (including phenoxy) is 1. The molecule has 1 heterocycles. The van der Waals surface area contributed by atoms with E-state index in [4.69, 9.17) is 4.74 Å². The van der Waals surface area contributed by atoms with Crippen LogP contribution in [0.5, 0.6) is 0 Å². The number of hydrogen-bond donors (Lipinski definition) is 1. The first-order valence-electron chi connectivity index (χ1n) is 8.38. The van der Waals surface area contributed by atoms with E-state index in [9.17, 15) is 13.2 Å². The van der Waals surface area contributed by atoms with Gasteiger partial charge in [0.25, 0.3) is 0 Å². The van der Waals surface area contributed by atoms with E-state index in [1.54, 1.807) is 36.4 Å². The number of carbonyl (C=O) groups excluding carboxylic acids is 1. The van der Waals surface area contributed by atoms with Crippen LogP contribution in [0.1, 0.15) is 5.56 Å². The molecule has 1 saturated heterocycles. The predicted molar refractivity (Wildman–Crippen MR) is 108 cm³/mol. The van der Waals surface area contributed by atoms with Crippen LogP contribution in [0.3, 0.4) is 0 Å². The van der Waals surface area contributed by atoms with E-state index in [2.05, 4.69) is 21.2 Å². The molecule has 27 heavy (non-hydrogen) atoms. The SMILES string of the molecule is O=C(/C=C/c1ccc(S(=O)(=O)N2CCOCC2)cc1)Nc1ccccc1Br. The van der Waals surface area contributed by atoms with Gasteiger partial charge < -0.3 is 10.1 Å². The number of halogens is 1. The number of morpholine rings is 1. The van der Waals surface area contributed by atoms with Crippen molar-refractivity contribution in [1.82, 2.24) is 4.31 Å². The van der Waals surface area contributed by atoms with Gasteiger partial charge in [-0.2, -0.15) is 4.31 Å². The van der Waals surface area contributed by atoms with Crippen molar-refractivity contribution < 1.29 is 17.9 Å². The minimum absolute atomic E-state index is 0.235. The molecule has 1 fully saturated rings. The van der Waals surface area contributed by atoms with E-state index in [-0.39, 0.29) is 10.8 Å². The molecule has 0 saturated carbocycles. The highest BCUT2D eigenvalue weighted by molar-refractivity contribution is 9.10. The Bertz CT molecular complexity index is 936. The summed E-state index contributed by atoms with van der Waals surface area (Å²) in [4.78, 5) is 12.3. The lowest BCUT2D eigenvalue weighted by Gasteiger charge is -2.26. The summed E-state index contributed by atoms with van der Waals surface area (Å²) in [7, 11) is -3.51. The summed E-state index contributed by atoms with van der Waals surface area (Å²) in [5.41, 5.74) is 1.41. The molecule has 0 atom stereocenters. The molecule has 0 aliphatic carbocycles. The zero-order valence-corrected chi connectivity index (χ0v) is 16.9. The largest absolute Gasteiger partial charge is 0.379 e. The van der Waals surface area contributed by atoms with Gasteiger partial charge in [0.15, 0.2) is 0 Å². The van der Waals surface area contributed by atoms with Gasteiger partial charge >= 0.3 is 0 Å². The highest BCUT2D eigenvalue weighted by atomic mass is 79.9. The smallest absolute Gasteiger partial charge is 0.248 e. The molecule has 0 spiro atoms. The van der Waals surface area contributed by atoms with Gasteiger partial charge in [-0.1, -0.05) is 24.3 Å². The third-order valence-electron chi connectivity index (χ3n) is 4.05. The number of anilines is 1. The van der Waals surface area contributed by atoms with Crippen LogP contribution in [0.25, 0.3) is 6.08 Å². The number of carbonyl (C=O) groups is 1. The number of hydrogen-bond acceptors (Lipinski definition) is 4. The van der Waals surface area contributed by atoms with Gasteiger partial charge in [-0.3, -0.25) is 4.79 Å². The molecule has 1 amide bonds. The first-order chi connectivity index (χ1) is 13.0. The van der Waals surface area contributed by atoms with Crippen LogP contribution in [-0.2, 0) is 19.6 Å². The molecule has 8 heteroatoms. The zero-order valence-electron chi connectivity index (χ0n) is 14.5. The minimum Gasteiger partial charge on any atom is -0.379 e. The number of sulfonamides is 1. The van der Waals surface area contributed by atoms with Gasteiger partial charge in [0.05, 0.1) is 23.8 Å². The van der Waals surface area contributed by atoms with Gasteiger partial charge in [0.2, 0.25) is 15.9 Å². The van der Waals surface area contributed by atoms with Gasteiger partial charge in [-0.05, 0) is 51.8 Å². The third kappa shape index (κ3) is 5.04. The fourth-order valence-corrected chi connectivity index (χ4v) is 4.39. The molecule has 1 N–H and O–H groups in total. The third-order valence-corrected chi connectivity index (χ3v) is 6.65. The molecular weight excluding hydrogens is 432 g/mol. The van der Waals surface area contributed by atoms with Crippen LogP contribution in [0, 0.1) is 0 Å². The number of amides is 1. The van der Waals surface area contributed by atoms with E-state index < -0.39 is 10.0 Å². The van der Waals surface area contributed by atoms with E-state index in [0.29, 0.717) is 32.0 Å². The fraction of sp³-hybridized carbons (Fsp3) is 0.211. The lowest BCUT2D eigenvalue weighted by atomic mass is 10.2. The minimum atomic E-state index is -3.51. The molecule has 0 radical (unpaired) electrons. The number of para-hydroxylation sites is 1. The van der Waals surface area contributed by atoms with Crippen molar-refractivity contribution in [2.75, 3.05) is 31.6 Å². The summed E-state index contributed by atoms with van der Waals surface area (Å²) in [5.74, 6) is -0.271. The quantitative estimate of drug-likeness (QED) is 0.709. The number of nitrogens with one attached hydrogen (secondary N) is 1. The summed E-state index contributed by atoms with van der Waals surface area (Å²) in [6.45, 7) is 1.54. The number of benzene rings is 2. The van der Waals surface area contributed by atoms with E-state index in [1.807, 2.05) is 18.2 Å². The van der Waals surface area contributed by atoms with Crippen molar-refractivity contribution >= 4 is 43.6 Å². The maximum absolute atomic E-state index is 12.6. The standard InChI is InChI=1S/C19H19BrN2O4S/c20-17-3-1-2-4-18(17)21-19(23)10-7-15-5-8-16(9-6-15)27(24,25)22-11-13-26-14-12-22/h1-10H,11-14H2,(H,21,23)/b10-7+. The molecule has 6 nitrogen and oxygen atoms in total. The maximum Gasteiger partial charge on any atom is 0.248 e. The van der Waals surface area contributed by atoms with Gasteiger partial charge in [0, 0.05) is 23.6 Å². The van der Waals surface area contributed by atoms with Crippen molar-refractivity contribution in [1.29, 1.82) is 0 Å². The topological polar surface area (TPSA) is 75.7 Å². The molecule has 0 aromatic heterocycles. The Kier molecular flexibility index (Phi) is 6.43. The van der Waals surface area contributed by atoms with E-state index >= 15 is 0 Å². The van der Waals surface area contributed by atoms with Crippen molar-refractivity contribution in [2.45, 2.75) is 4.90 Å². The highest BCUT2D eigenvalue weighted by Gasteiger charge is 2.25. The lowest BCUT2D eigenvalue weighted by molar-refractivity contribution is -0.111. The lowest BCUT2D eigenvalue weighted by Crippen LogP contribution is -2.40. The zero-order chi connectivity index (χ0) is 19.3. The Labute approximate surface area is 167 Å². The molecule has 0 unspecified atom stereocenters. The second-order valence-electron chi connectivity index (χ2n) is 5.89. The molecule has 0 bridgehead atoms. The second kappa shape index (κ2) is 8.79. The summed E-state index contributed by atoms with van der Waals surface area (Å²) < 4.78 is 32.6. The Morgan fingerprint density at radius 1 is 1.07 bits per heavy atom. The summed E-state index contributed by atoms with van der Waals surface area (Å²) in [6, 6.07) is 13.8. The highest BCUT2D eigenvalue weighted by Crippen LogP contribution is 2.21. The average Bonchev–Trinajstić information content (AvgIpc) is 2.69. The Morgan fingerprint density at radius 3 is 2.41 bits per heavy atom. The average molecular weight is 451 g/mol. The summed E-state index contributed by atoms with van der Waals surface area (Å²) in [6.07, 6.45) is 3.04. The van der Waals surface area contributed by atoms with Crippen molar-refractivity contribution in [2.24, 2.45) is 0 Å². The van der Waals surface area contributed by atoms with Crippen LogP contribution in [0.15, 0.2) is 64.0 Å². The Hall–Kier alpha value is -2.00. The van der Waals surface area contributed by atoms with Crippen LogP contribution in [-0.4, -0.2) is 44.9 Å². The first kappa shape index (κ1) is 19.8. The molecule has 1 aliphatic rings. The van der Waals surface area contributed by atoms with Crippen LogP contribution in [0.4, 0.5) is 5.69 Å². The normalized spacial score (nSPS) is 15.7. The van der Waals surface area contributed by atoms with E-state index in [0.717, 1.165) is 10.0 Å². The summed E-state index contributed by atoms with van der Waals surface area (Å²) >= 11 is 3.37. The van der Waals surface area contributed by atoms with Crippen LogP contribution in [0.2, 0.25) is 0 Å². The van der Waals surface area contributed by atoms with Gasteiger partial charge in [0.1, 0.15) is 0 Å². The molecular formula is C19H19BrN2O4S. The second-order valence-corrected chi connectivity index (χ2v) is 8.68. The van der Waals surface area contributed by atoms with E-state index in [1.165, 1.54) is 10.4 Å². The van der Waals surface area contributed by atoms with Crippen LogP contribution >= 0.6 is 15.9 Å². The Morgan fingerprint density at radius 2 is 1.74 bits per heavy atom. The molecule has 2 aromatic rings. The van der Waals surface area contributed by atoms with Crippen LogP contribution < -0.4 is 5.32 Å². The van der Waals surface area contributed by atoms with Crippen molar-refractivity contribution in [3.05, 3.63) is 64.6 Å². The molecule has 142 valence electrons. The molecule has 3 rings (SSSR count). The van der Waals surface area contributed by atoms with Gasteiger partial charge in [-0.15, -0.1) is 0 Å². The Balaban J connectivity index is 1.65. The summed E-state index contributed by atoms with van der Waals surface area (Å²) in [5, 5.41) is 2.77. The monoisotopic (exact) mass is 450 g/mol. The van der Waals surface area contributed by atoms with Crippen molar-refractivity contribution in [3.63, 3.8) is 0 Å².